The highest BCUT2D eigenvalue weighted by molar-refractivity contribution is 5.79. The molecule has 0 spiro atoms. The van der Waals surface area contributed by atoms with E-state index in [-0.39, 0.29) is 17.6 Å². The van der Waals surface area contributed by atoms with Crippen LogP contribution in [0.3, 0.4) is 0 Å². The van der Waals surface area contributed by atoms with Crippen LogP contribution < -0.4 is 4.74 Å². The molecule has 0 aliphatic rings. The van der Waals surface area contributed by atoms with Crippen molar-refractivity contribution in [1.82, 2.24) is 0 Å². The molecular weight excluding hydrogens is 340 g/mol. The molecule has 1 N–H and O–H groups in total. The molecule has 0 saturated heterocycles. The molecule has 154 valence electrons. The van der Waals surface area contributed by atoms with Crippen molar-refractivity contribution in [1.29, 1.82) is 0 Å². The molecule has 1 atom stereocenters. The van der Waals surface area contributed by atoms with E-state index in [1.165, 1.54) is 45.6 Å². The molecule has 4 nitrogen and oxygen atoms in total. The Kier molecular flexibility index (Phi) is 12.6. The summed E-state index contributed by atoms with van der Waals surface area (Å²) in [4.78, 5) is 12.4. The molecule has 0 aliphatic heterocycles. The number of aryl methyl sites for hydroxylation is 1. The number of rotatable bonds is 16. The van der Waals surface area contributed by atoms with Gasteiger partial charge in [0.25, 0.3) is 0 Å². The van der Waals surface area contributed by atoms with Crippen molar-refractivity contribution in [2.24, 2.45) is 0 Å². The predicted molar refractivity (Wildman–Crippen MR) is 111 cm³/mol. The van der Waals surface area contributed by atoms with E-state index in [2.05, 4.69) is 6.92 Å². The Morgan fingerprint density at radius 3 is 2.44 bits per heavy atom. The van der Waals surface area contributed by atoms with Crippen molar-refractivity contribution in [2.75, 3.05) is 13.7 Å². The van der Waals surface area contributed by atoms with E-state index in [9.17, 15) is 9.90 Å². The summed E-state index contributed by atoms with van der Waals surface area (Å²) < 4.78 is 10.9. The Labute approximate surface area is 165 Å². The molecule has 0 aromatic heterocycles. The van der Waals surface area contributed by atoms with Crippen molar-refractivity contribution in [3.05, 3.63) is 23.8 Å². The molecule has 0 bridgehead atoms. The number of unbranched alkanes of at least 4 members (excludes halogenated alkanes) is 6. The van der Waals surface area contributed by atoms with Crippen molar-refractivity contribution < 1.29 is 19.4 Å². The molecule has 0 heterocycles. The minimum absolute atomic E-state index is 0.0486. The molecule has 1 rings (SSSR count). The molecule has 0 radical (unpaired) electrons. The standard InChI is InChI=1S/C23H38O4/c1-4-6-7-8-9-10-11-12-21(27-5-2)18-20(24)15-13-19-14-16-22(25)23(17-19)26-3/h14,16-17,21,25H,4-13,15,18H2,1-3H3/t21-/m0/s1. The average molecular weight is 379 g/mol. The van der Waals surface area contributed by atoms with Crippen LogP contribution in [0.5, 0.6) is 11.5 Å². The van der Waals surface area contributed by atoms with Gasteiger partial charge in [-0.25, -0.2) is 0 Å². The van der Waals surface area contributed by atoms with E-state index < -0.39 is 0 Å². The number of ketones is 1. The summed E-state index contributed by atoms with van der Waals surface area (Å²) >= 11 is 0. The van der Waals surface area contributed by atoms with Crippen LogP contribution in [0.2, 0.25) is 0 Å². The number of hydrogen-bond donors (Lipinski definition) is 1. The maximum atomic E-state index is 12.4. The number of carbonyl (C=O) groups is 1. The highest BCUT2D eigenvalue weighted by Gasteiger charge is 2.14. The molecule has 0 fully saturated rings. The minimum atomic E-state index is 0.0486. The lowest BCUT2D eigenvalue weighted by Gasteiger charge is -2.16. The van der Waals surface area contributed by atoms with Crippen LogP contribution in [-0.4, -0.2) is 30.7 Å². The smallest absolute Gasteiger partial charge is 0.160 e. The summed E-state index contributed by atoms with van der Waals surface area (Å²) in [6.45, 7) is 4.89. The Hall–Kier alpha value is -1.55. The SMILES string of the molecule is CCCCCCCCC[C@@H](CC(=O)CCc1ccc(O)c(OC)c1)OCC. The quantitative estimate of drug-likeness (QED) is 0.367. The lowest BCUT2D eigenvalue weighted by atomic mass is 10.00. The van der Waals surface area contributed by atoms with E-state index in [0.29, 0.717) is 31.6 Å². The van der Waals surface area contributed by atoms with Gasteiger partial charge in [0.1, 0.15) is 5.78 Å². The number of carbonyl (C=O) groups excluding carboxylic acids is 1. The van der Waals surface area contributed by atoms with Gasteiger partial charge in [0.05, 0.1) is 13.2 Å². The van der Waals surface area contributed by atoms with Gasteiger partial charge in [0, 0.05) is 19.4 Å². The van der Waals surface area contributed by atoms with E-state index in [4.69, 9.17) is 9.47 Å². The van der Waals surface area contributed by atoms with Gasteiger partial charge in [-0.15, -0.1) is 0 Å². The number of methoxy groups -OCH3 is 1. The summed E-state index contributed by atoms with van der Waals surface area (Å²) in [5, 5.41) is 9.64. The van der Waals surface area contributed by atoms with E-state index >= 15 is 0 Å². The highest BCUT2D eigenvalue weighted by atomic mass is 16.5. The van der Waals surface area contributed by atoms with Gasteiger partial charge in [-0.05, 0) is 37.5 Å². The fraction of sp³-hybridized carbons (Fsp3) is 0.696. The largest absolute Gasteiger partial charge is 0.504 e. The molecule has 4 heteroatoms. The zero-order valence-electron chi connectivity index (χ0n) is 17.5. The third kappa shape index (κ3) is 10.4. The second-order valence-electron chi connectivity index (χ2n) is 7.24. The zero-order valence-corrected chi connectivity index (χ0v) is 17.5. The number of benzene rings is 1. The predicted octanol–water partition coefficient (Wildman–Crippen LogP) is 5.84. The van der Waals surface area contributed by atoms with Gasteiger partial charge in [-0.1, -0.05) is 57.9 Å². The van der Waals surface area contributed by atoms with Gasteiger partial charge < -0.3 is 14.6 Å². The first-order valence-corrected chi connectivity index (χ1v) is 10.6. The van der Waals surface area contributed by atoms with Crippen molar-refractivity contribution in [3.8, 4) is 11.5 Å². The van der Waals surface area contributed by atoms with Crippen LogP contribution in [0.15, 0.2) is 18.2 Å². The summed E-state index contributed by atoms with van der Waals surface area (Å²) in [7, 11) is 1.53. The topological polar surface area (TPSA) is 55.8 Å². The van der Waals surface area contributed by atoms with Gasteiger partial charge in [-0.2, -0.15) is 0 Å². The Morgan fingerprint density at radius 2 is 1.78 bits per heavy atom. The summed E-state index contributed by atoms with van der Waals surface area (Å²) in [5.74, 6) is 0.813. The van der Waals surface area contributed by atoms with Crippen molar-refractivity contribution in [2.45, 2.75) is 90.6 Å². The van der Waals surface area contributed by atoms with E-state index in [0.717, 1.165) is 18.4 Å². The number of ether oxygens (including phenoxy) is 2. The van der Waals surface area contributed by atoms with Crippen LogP contribution >= 0.6 is 0 Å². The fourth-order valence-corrected chi connectivity index (χ4v) is 3.33. The van der Waals surface area contributed by atoms with Gasteiger partial charge in [-0.3, -0.25) is 4.79 Å². The molecule has 0 amide bonds. The van der Waals surface area contributed by atoms with Crippen LogP contribution in [0.1, 0.15) is 83.6 Å². The lowest BCUT2D eigenvalue weighted by Crippen LogP contribution is -2.18. The molecule has 0 saturated carbocycles. The van der Waals surface area contributed by atoms with E-state index in [1.54, 1.807) is 12.1 Å². The number of aromatic hydroxyl groups is 1. The van der Waals surface area contributed by atoms with Crippen LogP contribution in [0.4, 0.5) is 0 Å². The maximum absolute atomic E-state index is 12.4. The summed E-state index contributed by atoms with van der Waals surface area (Å²) in [6, 6.07) is 5.24. The third-order valence-corrected chi connectivity index (χ3v) is 4.92. The average Bonchev–Trinajstić information content (AvgIpc) is 2.66. The van der Waals surface area contributed by atoms with Gasteiger partial charge >= 0.3 is 0 Å². The van der Waals surface area contributed by atoms with Gasteiger partial charge in [0.15, 0.2) is 11.5 Å². The van der Waals surface area contributed by atoms with Crippen molar-refractivity contribution >= 4 is 5.78 Å². The first kappa shape index (κ1) is 23.5. The summed E-state index contributed by atoms with van der Waals surface area (Å²) in [5.41, 5.74) is 0.998. The third-order valence-electron chi connectivity index (χ3n) is 4.92. The molecule has 27 heavy (non-hydrogen) atoms. The second kappa shape index (κ2) is 14.5. The first-order valence-electron chi connectivity index (χ1n) is 10.6. The lowest BCUT2D eigenvalue weighted by molar-refractivity contribution is -0.122. The van der Waals surface area contributed by atoms with Crippen LogP contribution in [0, 0.1) is 0 Å². The monoisotopic (exact) mass is 378 g/mol. The highest BCUT2D eigenvalue weighted by Crippen LogP contribution is 2.27. The Bertz CT molecular complexity index is 527. The molecule has 1 aromatic rings. The number of phenols is 1. The summed E-state index contributed by atoms with van der Waals surface area (Å²) in [6.07, 6.45) is 11.6. The number of Topliss-reactive ketones (excluding diaryl/α,β-unsaturated/α-hetero) is 1. The Balaban J connectivity index is 2.31. The zero-order chi connectivity index (χ0) is 19.9. The number of phenolic OH excluding ortho intramolecular Hbond substituents is 1. The van der Waals surface area contributed by atoms with Gasteiger partial charge in [0.2, 0.25) is 0 Å². The number of hydrogen-bond acceptors (Lipinski definition) is 4. The molecule has 0 unspecified atom stereocenters. The first-order chi connectivity index (χ1) is 13.1. The fourth-order valence-electron chi connectivity index (χ4n) is 3.33. The van der Waals surface area contributed by atoms with Crippen molar-refractivity contribution in [3.63, 3.8) is 0 Å². The second-order valence-corrected chi connectivity index (χ2v) is 7.24. The Morgan fingerprint density at radius 1 is 1.07 bits per heavy atom. The maximum Gasteiger partial charge on any atom is 0.160 e. The van der Waals surface area contributed by atoms with E-state index in [1.807, 2.05) is 13.0 Å². The van der Waals surface area contributed by atoms with Crippen LogP contribution in [-0.2, 0) is 16.0 Å². The molecule has 1 aromatic carbocycles. The molecular formula is C23H38O4. The molecule has 0 aliphatic carbocycles. The minimum Gasteiger partial charge on any atom is -0.504 e. The van der Waals surface area contributed by atoms with Crippen LogP contribution in [0.25, 0.3) is 0 Å². The normalized spacial score (nSPS) is 12.1.